The molecule has 0 aromatic heterocycles. The molecule has 0 saturated carbocycles. The number of hydrogen-bond acceptors (Lipinski definition) is 4. The van der Waals surface area contributed by atoms with Gasteiger partial charge in [-0.2, -0.15) is 0 Å². The van der Waals surface area contributed by atoms with Crippen molar-refractivity contribution in [2.45, 2.75) is 11.3 Å². The van der Waals surface area contributed by atoms with Gasteiger partial charge in [-0.1, -0.05) is 11.6 Å². The smallest absolute Gasteiger partial charge is 0.337 e. The number of carbonyl (C=O) groups is 2. The molecule has 0 aliphatic rings. The summed E-state index contributed by atoms with van der Waals surface area (Å²) in [5, 5.41) is 8.78. The third kappa shape index (κ3) is 4.19. The van der Waals surface area contributed by atoms with E-state index in [4.69, 9.17) is 22.4 Å². The van der Waals surface area contributed by atoms with Crippen molar-refractivity contribution in [3.8, 4) is 0 Å². The lowest BCUT2D eigenvalue weighted by Crippen LogP contribution is -2.28. The number of amides is 1. The lowest BCUT2D eigenvalue weighted by Gasteiger charge is -2.07. The van der Waals surface area contributed by atoms with Gasteiger partial charge < -0.3 is 10.8 Å². The number of sulfonamides is 1. The molecular weight excluding hydrogens is 296 g/mol. The summed E-state index contributed by atoms with van der Waals surface area (Å²) in [5.74, 6) is -1.98. The highest BCUT2D eigenvalue weighted by atomic mass is 35.5. The lowest BCUT2D eigenvalue weighted by molar-refractivity contribution is -0.117. The molecule has 1 rings (SSSR count). The summed E-state index contributed by atoms with van der Waals surface area (Å²) in [5.41, 5.74) is 4.56. The Morgan fingerprint density at radius 3 is 2.53 bits per heavy atom. The quantitative estimate of drug-likeness (QED) is 0.691. The van der Waals surface area contributed by atoms with Gasteiger partial charge >= 0.3 is 5.97 Å². The molecule has 9 heteroatoms. The van der Waals surface area contributed by atoms with Gasteiger partial charge in [0.1, 0.15) is 0 Å². The van der Waals surface area contributed by atoms with Crippen LogP contribution in [0.25, 0.3) is 0 Å². The van der Waals surface area contributed by atoms with Crippen molar-refractivity contribution in [3.63, 3.8) is 0 Å². The van der Waals surface area contributed by atoms with Crippen LogP contribution in [-0.2, 0) is 14.8 Å². The Hall–Kier alpha value is -1.64. The second-order valence-electron chi connectivity index (χ2n) is 3.56. The number of hydrogen-bond donors (Lipinski definition) is 3. The predicted octanol–water partition coefficient (Wildman–Crippen LogP) is 0.192. The number of halogens is 1. The Kier molecular flexibility index (Phi) is 4.87. The summed E-state index contributed by atoms with van der Waals surface area (Å²) < 4.78 is 25.7. The second-order valence-corrected chi connectivity index (χ2v) is 5.74. The molecule has 104 valence electrons. The minimum absolute atomic E-state index is 0.0661. The summed E-state index contributed by atoms with van der Waals surface area (Å²) in [6.07, 6.45) is -0.154. The fourth-order valence-electron chi connectivity index (χ4n) is 1.23. The highest BCUT2D eigenvalue weighted by Gasteiger charge is 2.18. The zero-order chi connectivity index (χ0) is 14.6. The normalized spacial score (nSPS) is 11.2. The molecule has 0 atom stereocenters. The molecule has 1 aromatic rings. The number of aromatic carboxylic acids is 1. The van der Waals surface area contributed by atoms with E-state index in [0.717, 1.165) is 6.07 Å². The van der Waals surface area contributed by atoms with Gasteiger partial charge in [-0.05, 0) is 18.2 Å². The summed E-state index contributed by atoms with van der Waals surface area (Å²) in [6.45, 7) is -0.164. The second kappa shape index (κ2) is 6.00. The van der Waals surface area contributed by atoms with Gasteiger partial charge in [-0.15, -0.1) is 0 Å². The molecule has 0 unspecified atom stereocenters. The van der Waals surface area contributed by atoms with E-state index in [1.54, 1.807) is 0 Å². The van der Waals surface area contributed by atoms with Crippen LogP contribution < -0.4 is 10.5 Å². The first-order valence-corrected chi connectivity index (χ1v) is 6.91. The fraction of sp³-hybridized carbons (Fsp3) is 0.200. The van der Waals surface area contributed by atoms with Crippen molar-refractivity contribution in [2.24, 2.45) is 5.73 Å². The number of carbonyl (C=O) groups excluding carboxylic acids is 1. The number of carboxylic acid groups (broad SMARTS) is 1. The molecule has 0 saturated heterocycles. The van der Waals surface area contributed by atoms with Crippen LogP contribution in [-0.4, -0.2) is 31.9 Å². The maximum Gasteiger partial charge on any atom is 0.337 e. The van der Waals surface area contributed by atoms with Crippen LogP contribution in [0.5, 0.6) is 0 Å². The van der Waals surface area contributed by atoms with Crippen LogP contribution in [0.3, 0.4) is 0 Å². The minimum atomic E-state index is -3.91. The zero-order valence-corrected chi connectivity index (χ0v) is 11.2. The van der Waals surface area contributed by atoms with Crippen molar-refractivity contribution in [2.75, 3.05) is 6.54 Å². The van der Waals surface area contributed by atoms with E-state index in [1.807, 2.05) is 0 Å². The first kappa shape index (κ1) is 15.4. The third-order valence-corrected chi connectivity index (χ3v) is 3.93. The van der Waals surface area contributed by atoms with E-state index < -0.39 is 21.9 Å². The van der Waals surface area contributed by atoms with E-state index in [0.29, 0.717) is 0 Å². The summed E-state index contributed by atoms with van der Waals surface area (Å²) in [6, 6.07) is 3.28. The van der Waals surface area contributed by atoms with Crippen LogP contribution >= 0.6 is 11.6 Å². The fourth-order valence-corrected chi connectivity index (χ4v) is 2.48. The molecule has 0 aliphatic heterocycles. The summed E-state index contributed by atoms with van der Waals surface area (Å²) in [7, 11) is -3.91. The Balaban J connectivity index is 2.99. The van der Waals surface area contributed by atoms with Gasteiger partial charge in [0.15, 0.2) is 0 Å². The van der Waals surface area contributed by atoms with Crippen LogP contribution in [0.1, 0.15) is 16.8 Å². The molecule has 1 aromatic carbocycles. The zero-order valence-electron chi connectivity index (χ0n) is 9.59. The van der Waals surface area contributed by atoms with Gasteiger partial charge in [-0.3, -0.25) is 4.79 Å². The van der Waals surface area contributed by atoms with E-state index in [-0.39, 0.29) is 28.4 Å². The maximum absolute atomic E-state index is 11.8. The minimum Gasteiger partial charge on any atom is -0.478 e. The molecule has 0 heterocycles. The van der Waals surface area contributed by atoms with Gasteiger partial charge in [0.25, 0.3) is 0 Å². The molecule has 7 nitrogen and oxygen atoms in total. The summed E-state index contributed by atoms with van der Waals surface area (Å²) >= 11 is 5.63. The van der Waals surface area contributed by atoms with Crippen molar-refractivity contribution in [1.82, 2.24) is 4.72 Å². The molecule has 0 fully saturated rings. The van der Waals surface area contributed by atoms with Crippen molar-refractivity contribution >= 4 is 33.5 Å². The third-order valence-electron chi connectivity index (χ3n) is 2.14. The van der Waals surface area contributed by atoms with Gasteiger partial charge in [-0.25, -0.2) is 17.9 Å². The number of primary amides is 1. The Morgan fingerprint density at radius 2 is 2.00 bits per heavy atom. The van der Waals surface area contributed by atoms with E-state index in [9.17, 15) is 18.0 Å². The molecular formula is C10H11ClN2O5S. The monoisotopic (exact) mass is 306 g/mol. The van der Waals surface area contributed by atoms with Crippen molar-refractivity contribution in [1.29, 1.82) is 0 Å². The predicted molar refractivity (Wildman–Crippen MR) is 67.4 cm³/mol. The standard InChI is InChI=1S/C10H11ClN2O5S/c11-8-2-1-6(5-7(8)10(15)16)19(17,18)13-4-3-9(12)14/h1-2,5,13H,3-4H2,(H2,12,14)(H,15,16). The van der Waals surface area contributed by atoms with Gasteiger partial charge in [0.05, 0.1) is 15.5 Å². The molecule has 0 bridgehead atoms. The van der Waals surface area contributed by atoms with E-state index in [2.05, 4.69) is 4.72 Å². The highest BCUT2D eigenvalue weighted by Crippen LogP contribution is 2.20. The number of nitrogens with one attached hydrogen (secondary N) is 1. The average molecular weight is 307 g/mol. The number of carboxylic acids is 1. The molecule has 4 N–H and O–H groups in total. The van der Waals surface area contributed by atoms with Crippen LogP contribution in [0, 0.1) is 0 Å². The van der Waals surface area contributed by atoms with E-state index >= 15 is 0 Å². The number of nitrogens with two attached hydrogens (primary N) is 1. The number of rotatable bonds is 6. The molecule has 19 heavy (non-hydrogen) atoms. The van der Waals surface area contributed by atoms with Gasteiger partial charge in [0, 0.05) is 13.0 Å². The first-order chi connectivity index (χ1) is 8.74. The van der Waals surface area contributed by atoms with Crippen LogP contribution in [0.2, 0.25) is 5.02 Å². The molecule has 0 spiro atoms. The van der Waals surface area contributed by atoms with Crippen molar-refractivity contribution < 1.29 is 23.1 Å². The average Bonchev–Trinajstić information content (AvgIpc) is 2.27. The Bertz CT molecular complexity index is 614. The molecule has 0 aliphatic carbocycles. The number of benzene rings is 1. The van der Waals surface area contributed by atoms with E-state index in [1.165, 1.54) is 12.1 Å². The molecule has 1 amide bonds. The highest BCUT2D eigenvalue weighted by molar-refractivity contribution is 7.89. The summed E-state index contributed by atoms with van der Waals surface area (Å²) in [4.78, 5) is 21.1. The Labute approximate surface area is 114 Å². The molecule has 0 radical (unpaired) electrons. The largest absolute Gasteiger partial charge is 0.478 e. The topological polar surface area (TPSA) is 127 Å². The van der Waals surface area contributed by atoms with Gasteiger partial charge in [0.2, 0.25) is 15.9 Å². The maximum atomic E-state index is 11.8. The van der Waals surface area contributed by atoms with Crippen LogP contribution in [0.4, 0.5) is 0 Å². The SMILES string of the molecule is NC(=O)CCNS(=O)(=O)c1ccc(Cl)c(C(=O)O)c1. The van der Waals surface area contributed by atoms with Crippen LogP contribution in [0.15, 0.2) is 23.1 Å². The van der Waals surface area contributed by atoms with Crippen molar-refractivity contribution in [3.05, 3.63) is 28.8 Å². The lowest BCUT2D eigenvalue weighted by atomic mass is 10.2. The Morgan fingerprint density at radius 1 is 1.37 bits per heavy atom. The first-order valence-electron chi connectivity index (χ1n) is 5.05.